The van der Waals surface area contributed by atoms with Gasteiger partial charge in [0.1, 0.15) is 0 Å². The van der Waals surface area contributed by atoms with E-state index in [-0.39, 0.29) is 21.2 Å². The van der Waals surface area contributed by atoms with E-state index in [1.54, 1.807) is 6.92 Å². The van der Waals surface area contributed by atoms with Crippen LogP contribution in [0.4, 0.5) is 5.13 Å². The zero-order valence-electron chi connectivity index (χ0n) is 11.7. The van der Waals surface area contributed by atoms with Crippen LogP contribution in [0.2, 0.25) is 0 Å². The third kappa shape index (κ3) is 3.06. The van der Waals surface area contributed by atoms with E-state index in [1.807, 2.05) is 6.92 Å². The summed E-state index contributed by atoms with van der Waals surface area (Å²) >= 11 is 1.23. The van der Waals surface area contributed by atoms with Gasteiger partial charge in [0.25, 0.3) is 10.0 Å². The minimum atomic E-state index is -3.87. The first kappa shape index (κ1) is 15.5. The van der Waals surface area contributed by atoms with Gasteiger partial charge in [0.05, 0.1) is 16.2 Å². The molecule has 8 heteroatoms. The number of sulfonamides is 1. The highest BCUT2D eigenvalue weighted by molar-refractivity contribution is 7.93. The van der Waals surface area contributed by atoms with Crippen LogP contribution in [0.15, 0.2) is 23.1 Å². The SMILES string of the molecule is Cc1nc(NS(=O)(=O)c2cccc(C(=O)O)c2C)sc1C. The molecule has 0 bridgehead atoms. The van der Waals surface area contributed by atoms with Crippen LogP contribution in [0, 0.1) is 20.8 Å². The smallest absolute Gasteiger partial charge is 0.335 e. The number of carbonyl (C=O) groups is 1. The zero-order valence-corrected chi connectivity index (χ0v) is 13.3. The lowest BCUT2D eigenvalue weighted by Gasteiger charge is -2.10. The Labute approximate surface area is 126 Å². The molecular formula is C13H14N2O4S2. The number of aryl methyl sites for hydroxylation is 2. The second-order valence-electron chi connectivity index (χ2n) is 4.50. The van der Waals surface area contributed by atoms with E-state index >= 15 is 0 Å². The summed E-state index contributed by atoms with van der Waals surface area (Å²) < 4.78 is 27.2. The Morgan fingerprint density at radius 2 is 1.95 bits per heavy atom. The third-order valence-electron chi connectivity index (χ3n) is 3.05. The van der Waals surface area contributed by atoms with Crippen LogP contribution in [0.1, 0.15) is 26.5 Å². The lowest BCUT2D eigenvalue weighted by molar-refractivity contribution is 0.0696. The number of thiazole rings is 1. The van der Waals surface area contributed by atoms with Crippen molar-refractivity contribution < 1.29 is 18.3 Å². The van der Waals surface area contributed by atoms with Crippen LogP contribution in [0.25, 0.3) is 0 Å². The minimum absolute atomic E-state index is 0.0376. The Morgan fingerprint density at radius 1 is 1.29 bits per heavy atom. The maximum absolute atomic E-state index is 12.4. The van der Waals surface area contributed by atoms with Gasteiger partial charge in [0, 0.05) is 4.88 Å². The van der Waals surface area contributed by atoms with Crippen molar-refractivity contribution in [2.45, 2.75) is 25.7 Å². The fraction of sp³-hybridized carbons (Fsp3) is 0.231. The van der Waals surface area contributed by atoms with Gasteiger partial charge in [-0.1, -0.05) is 6.07 Å². The predicted octanol–water partition coefficient (Wildman–Crippen LogP) is 2.57. The Morgan fingerprint density at radius 3 is 2.48 bits per heavy atom. The second-order valence-corrected chi connectivity index (χ2v) is 7.35. The normalized spacial score (nSPS) is 11.4. The fourth-order valence-corrected chi connectivity index (χ4v) is 4.14. The molecule has 0 aliphatic heterocycles. The Balaban J connectivity index is 2.45. The Bertz CT molecular complexity index is 790. The van der Waals surface area contributed by atoms with Crippen molar-refractivity contribution in [1.82, 2.24) is 4.98 Å². The van der Waals surface area contributed by atoms with Gasteiger partial charge in [0.2, 0.25) is 0 Å². The number of carboxylic acids is 1. The molecule has 0 radical (unpaired) electrons. The molecular weight excluding hydrogens is 312 g/mol. The number of benzene rings is 1. The zero-order chi connectivity index (χ0) is 15.8. The number of hydrogen-bond acceptors (Lipinski definition) is 5. The number of carboxylic acid groups (broad SMARTS) is 1. The molecule has 0 fully saturated rings. The van der Waals surface area contributed by atoms with Gasteiger partial charge in [-0.3, -0.25) is 4.72 Å². The van der Waals surface area contributed by atoms with Gasteiger partial charge in [-0.05, 0) is 38.5 Å². The average molecular weight is 326 g/mol. The van der Waals surface area contributed by atoms with Gasteiger partial charge in [-0.2, -0.15) is 0 Å². The average Bonchev–Trinajstić information content (AvgIpc) is 2.66. The van der Waals surface area contributed by atoms with Gasteiger partial charge in [-0.15, -0.1) is 11.3 Å². The maximum Gasteiger partial charge on any atom is 0.335 e. The summed E-state index contributed by atoms with van der Waals surface area (Å²) in [6.45, 7) is 5.11. The number of nitrogens with one attached hydrogen (secondary N) is 1. The predicted molar refractivity (Wildman–Crippen MR) is 80.5 cm³/mol. The van der Waals surface area contributed by atoms with Crippen molar-refractivity contribution in [2.24, 2.45) is 0 Å². The quantitative estimate of drug-likeness (QED) is 0.900. The van der Waals surface area contributed by atoms with Crippen LogP contribution in [-0.2, 0) is 10.0 Å². The highest BCUT2D eigenvalue weighted by Gasteiger charge is 2.22. The largest absolute Gasteiger partial charge is 0.478 e. The monoisotopic (exact) mass is 326 g/mol. The molecule has 1 aromatic heterocycles. The highest BCUT2D eigenvalue weighted by atomic mass is 32.2. The number of nitrogens with zero attached hydrogens (tertiary/aromatic N) is 1. The molecule has 6 nitrogen and oxygen atoms in total. The van der Waals surface area contributed by atoms with Gasteiger partial charge >= 0.3 is 5.97 Å². The van der Waals surface area contributed by atoms with Gasteiger partial charge in [-0.25, -0.2) is 18.2 Å². The van der Waals surface area contributed by atoms with Crippen molar-refractivity contribution in [3.63, 3.8) is 0 Å². The molecule has 0 aliphatic rings. The molecule has 21 heavy (non-hydrogen) atoms. The summed E-state index contributed by atoms with van der Waals surface area (Å²) in [5.41, 5.74) is 0.917. The molecule has 112 valence electrons. The Kier molecular flexibility index (Phi) is 4.02. The lowest BCUT2D eigenvalue weighted by atomic mass is 10.1. The van der Waals surface area contributed by atoms with E-state index in [9.17, 15) is 13.2 Å². The molecule has 0 saturated carbocycles. The van der Waals surface area contributed by atoms with E-state index in [4.69, 9.17) is 5.11 Å². The summed E-state index contributed by atoms with van der Waals surface area (Å²) in [4.78, 5) is 16.1. The van der Waals surface area contributed by atoms with Crippen molar-refractivity contribution in [1.29, 1.82) is 0 Å². The number of rotatable bonds is 4. The molecule has 2 N–H and O–H groups in total. The van der Waals surface area contributed by atoms with E-state index in [0.717, 1.165) is 10.6 Å². The standard InChI is InChI=1S/C13H14N2O4S2/c1-7-10(12(16)17)5-4-6-11(7)21(18,19)15-13-14-8(2)9(3)20-13/h4-6H,1-3H3,(H,14,15)(H,16,17). The summed E-state index contributed by atoms with van der Waals surface area (Å²) in [6.07, 6.45) is 0. The van der Waals surface area contributed by atoms with Crippen molar-refractivity contribution in [3.8, 4) is 0 Å². The molecule has 1 aromatic carbocycles. The van der Waals surface area contributed by atoms with E-state index in [0.29, 0.717) is 0 Å². The molecule has 0 unspecified atom stereocenters. The molecule has 1 heterocycles. The summed E-state index contributed by atoms with van der Waals surface area (Å²) in [5.74, 6) is -1.16. The minimum Gasteiger partial charge on any atom is -0.478 e. The van der Waals surface area contributed by atoms with Crippen LogP contribution in [-0.4, -0.2) is 24.5 Å². The fourth-order valence-electron chi connectivity index (χ4n) is 1.82. The van der Waals surface area contributed by atoms with E-state index in [1.165, 1.54) is 36.5 Å². The molecule has 0 spiro atoms. The molecule has 0 aliphatic carbocycles. The molecule has 2 aromatic rings. The van der Waals surface area contributed by atoms with Crippen molar-refractivity contribution in [3.05, 3.63) is 39.9 Å². The van der Waals surface area contributed by atoms with Gasteiger partial charge in [0.15, 0.2) is 5.13 Å². The number of anilines is 1. The summed E-state index contributed by atoms with van der Waals surface area (Å²) in [7, 11) is -3.87. The maximum atomic E-state index is 12.4. The number of aromatic nitrogens is 1. The molecule has 0 saturated heterocycles. The van der Waals surface area contributed by atoms with Gasteiger partial charge < -0.3 is 5.11 Å². The third-order valence-corrected chi connectivity index (χ3v) is 5.66. The lowest BCUT2D eigenvalue weighted by Crippen LogP contribution is -2.15. The first-order valence-electron chi connectivity index (χ1n) is 6.02. The first-order chi connectivity index (χ1) is 9.72. The van der Waals surface area contributed by atoms with Crippen molar-refractivity contribution in [2.75, 3.05) is 4.72 Å². The molecule has 0 amide bonds. The molecule has 2 rings (SSSR count). The number of hydrogen-bond donors (Lipinski definition) is 2. The topological polar surface area (TPSA) is 96.4 Å². The van der Waals surface area contributed by atoms with E-state index < -0.39 is 16.0 Å². The van der Waals surface area contributed by atoms with Crippen molar-refractivity contribution >= 4 is 32.5 Å². The van der Waals surface area contributed by atoms with Crippen LogP contribution in [0.5, 0.6) is 0 Å². The second kappa shape index (κ2) is 5.45. The molecule has 0 atom stereocenters. The summed E-state index contributed by atoms with van der Waals surface area (Å²) in [6, 6.07) is 4.15. The summed E-state index contributed by atoms with van der Waals surface area (Å²) in [5, 5.41) is 9.33. The van der Waals surface area contributed by atoms with Crippen LogP contribution >= 0.6 is 11.3 Å². The van der Waals surface area contributed by atoms with Crippen LogP contribution < -0.4 is 4.72 Å². The van der Waals surface area contributed by atoms with Crippen LogP contribution in [0.3, 0.4) is 0 Å². The Hall–Kier alpha value is -1.93. The van der Waals surface area contributed by atoms with E-state index in [2.05, 4.69) is 9.71 Å². The highest BCUT2D eigenvalue weighted by Crippen LogP contribution is 2.26. The number of aromatic carboxylic acids is 1. The first-order valence-corrected chi connectivity index (χ1v) is 8.32.